The van der Waals surface area contributed by atoms with Crippen LogP contribution in [-0.4, -0.2) is 20.7 Å². The van der Waals surface area contributed by atoms with Crippen molar-refractivity contribution < 1.29 is 18.0 Å². The van der Waals surface area contributed by atoms with Gasteiger partial charge in [0.1, 0.15) is 5.56 Å². The van der Waals surface area contributed by atoms with Crippen molar-refractivity contribution in [1.29, 1.82) is 0 Å². The maximum atomic E-state index is 12.6. The molecule has 0 atom stereocenters. The van der Waals surface area contributed by atoms with Crippen LogP contribution in [0.3, 0.4) is 0 Å². The fourth-order valence-electron chi connectivity index (χ4n) is 2.35. The average molecular weight is 403 g/mol. The Balaban J connectivity index is 2.02. The van der Waals surface area contributed by atoms with Crippen LogP contribution in [0, 0.1) is 0 Å². The van der Waals surface area contributed by atoms with E-state index in [1.165, 1.54) is 12.3 Å². The molecule has 6 nitrogen and oxygen atoms in total. The van der Waals surface area contributed by atoms with Gasteiger partial charge in [-0.1, -0.05) is 22.9 Å². The fourth-order valence-corrected chi connectivity index (χ4v) is 3.12. The Kier molecular flexibility index (Phi) is 4.72. The van der Waals surface area contributed by atoms with E-state index in [1.807, 2.05) is 6.92 Å². The van der Waals surface area contributed by atoms with Gasteiger partial charge >= 0.3 is 6.18 Å². The number of halogens is 4. The van der Waals surface area contributed by atoms with Crippen LogP contribution in [0.25, 0.3) is 10.9 Å². The molecule has 0 unspecified atom stereocenters. The molecule has 1 amide bonds. The van der Waals surface area contributed by atoms with Gasteiger partial charge in [-0.2, -0.15) is 13.2 Å². The van der Waals surface area contributed by atoms with Gasteiger partial charge < -0.3 is 4.57 Å². The van der Waals surface area contributed by atoms with E-state index in [0.29, 0.717) is 17.1 Å². The number of pyridine rings is 1. The molecule has 1 aromatic carbocycles. The van der Waals surface area contributed by atoms with Crippen molar-refractivity contribution in [2.45, 2.75) is 19.6 Å². The normalized spacial score (nSPS) is 11.7. The Bertz CT molecular complexity index is 1060. The summed E-state index contributed by atoms with van der Waals surface area (Å²) in [4.78, 5) is 25.0. The lowest BCUT2D eigenvalue weighted by atomic mass is 10.1. The third-order valence-electron chi connectivity index (χ3n) is 3.52. The minimum Gasteiger partial charge on any atom is -0.347 e. The van der Waals surface area contributed by atoms with Crippen LogP contribution in [0.1, 0.15) is 22.3 Å². The maximum Gasteiger partial charge on any atom is 0.445 e. The molecule has 2 heterocycles. The molecule has 26 heavy (non-hydrogen) atoms. The van der Waals surface area contributed by atoms with Gasteiger partial charge in [-0.15, -0.1) is 10.2 Å². The molecule has 0 saturated heterocycles. The Morgan fingerprint density at radius 2 is 2.08 bits per heavy atom. The summed E-state index contributed by atoms with van der Waals surface area (Å²) in [7, 11) is 0. The van der Waals surface area contributed by atoms with Crippen molar-refractivity contribution in [2.75, 3.05) is 5.32 Å². The lowest BCUT2D eigenvalue weighted by molar-refractivity contribution is -0.138. The zero-order chi connectivity index (χ0) is 19.1. The van der Waals surface area contributed by atoms with Gasteiger partial charge in [0.25, 0.3) is 5.91 Å². The van der Waals surface area contributed by atoms with Crippen molar-refractivity contribution in [3.8, 4) is 0 Å². The number of nitrogens with one attached hydrogen (secondary N) is 1. The minimum absolute atomic E-state index is 0.176. The van der Waals surface area contributed by atoms with Crippen molar-refractivity contribution in [2.24, 2.45) is 0 Å². The molecule has 0 aliphatic carbocycles. The Morgan fingerprint density at radius 3 is 2.69 bits per heavy atom. The molecule has 0 bridgehead atoms. The second-order valence-electron chi connectivity index (χ2n) is 5.18. The number of carbonyl (C=O) groups excluding carboxylic acids is 1. The fraction of sp³-hybridized carbons (Fsp3) is 0.200. The second-order valence-corrected chi connectivity index (χ2v) is 6.60. The predicted octanol–water partition coefficient (Wildman–Crippen LogP) is 3.80. The number of nitrogens with zero attached hydrogens (tertiary/aromatic N) is 3. The van der Waals surface area contributed by atoms with Crippen LogP contribution in [0.4, 0.5) is 18.3 Å². The van der Waals surface area contributed by atoms with E-state index < -0.39 is 22.5 Å². The number of aryl methyl sites for hydroxylation is 1. The quantitative estimate of drug-likeness (QED) is 0.723. The van der Waals surface area contributed by atoms with Gasteiger partial charge in [0.05, 0.1) is 5.52 Å². The molecule has 2 aromatic heterocycles. The van der Waals surface area contributed by atoms with E-state index in [2.05, 4.69) is 15.5 Å². The first kappa shape index (κ1) is 18.3. The van der Waals surface area contributed by atoms with E-state index in [0.717, 1.165) is 0 Å². The highest BCUT2D eigenvalue weighted by molar-refractivity contribution is 7.15. The molecule has 0 aliphatic rings. The smallest absolute Gasteiger partial charge is 0.347 e. The van der Waals surface area contributed by atoms with E-state index in [1.54, 1.807) is 16.7 Å². The number of benzene rings is 1. The molecule has 11 heteroatoms. The number of hydrogen-bond donors (Lipinski definition) is 1. The Morgan fingerprint density at radius 1 is 1.35 bits per heavy atom. The topological polar surface area (TPSA) is 76.9 Å². The third-order valence-corrected chi connectivity index (χ3v) is 4.63. The van der Waals surface area contributed by atoms with Crippen molar-refractivity contribution in [1.82, 2.24) is 14.8 Å². The van der Waals surface area contributed by atoms with E-state index in [4.69, 9.17) is 11.6 Å². The van der Waals surface area contributed by atoms with Crippen molar-refractivity contribution >= 4 is 44.9 Å². The van der Waals surface area contributed by atoms with Gasteiger partial charge in [-0.25, -0.2) is 0 Å². The summed E-state index contributed by atoms with van der Waals surface area (Å²) in [6, 6.07) is 4.72. The zero-order valence-corrected chi connectivity index (χ0v) is 14.7. The molecule has 0 spiro atoms. The Hall–Kier alpha value is -2.46. The Labute approximate surface area is 153 Å². The summed E-state index contributed by atoms with van der Waals surface area (Å²) in [5.41, 5.74) is -0.218. The van der Waals surface area contributed by atoms with Crippen LogP contribution in [0.15, 0.2) is 29.2 Å². The number of rotatable bonds is 3. The van der Waals surface area contributed by atoms with Crippen molar-refractivity contribution in [3.63, 3.8) is 0 Å². The summed E-state index contributed by atoms with van der Waals surface area (Å²) >= 11 is 6.10. The lowest BCUT2D eigenvalue weighted by Gasteiger charge is -2.11. The number of anilines is 1. The zero-order valence-electron chi connectivity index (χ0n) is 13.1. The monoisotopic (exact) mass is 402 g/mol. The van der Waals surface area contributed by atoms with Gasteiger partial charge in [0.2, 0.25) is 15.6 Å². The van der Waals surface area contributed by atoms with Gasteiger partial charge in [-0.3, -0.25) is 14.9 Å². The number of alkyl halides is 3. The van der Waals surface area contributed by atoms with E-state index in [-0.39, 0.29) is 27.4 Å². The number of amides is 1. The summed E-state index contributed by atoms with van der Waals surface area (Å²) in [5, 5.41) is 7.47. The molecule has 0 aliphatic heterocycles. The van der Waals surface area contributed by atoms with Crippen molar-refractivity contribution in [3.05, 3.63) is 50.2 Å². The van der Waals surface area contributed by atoms with Crippen LogP contribution >= 0.6 is 22.9 Å². The summed E-state index contributed by atoms with van der Waals surface area (Å²) < 4.78 is 39.4. The molecular formula is C15H10ClF3N4O2S. The summed E-state index contributed by atoms with van der Waals surface area (Å²) in [6.07, 6.45) is -3.31. The first-order valence-electron chi connectivity index (χ1n) is 7.25. The summed E-state index contributed by atoms with van der Waals surface area (Å²) in [6.45, 7) is 2.29. The highest BCUT2D eigenvalue weighted by atomic mass is 35.5. The van der Waals surface area contributed by atoms with E-state index >= 15 is 0 Å². The predicted molar refractivity (Wildman–Crippen MR) is 91.8 cm³/mol. The van der Waals surface area contributed by atoms with Crippen LogP contribution in [0.2, 0.25) is 5.02 Å². The van der Waals surface area contributed by atoms with Gasteiger partial charge in [0.15, 0.2) is 0 Å². The molecule has 0 saturated carbocycles. The van der Waals surface area contributed by atoms with E-state index in [9.17, 15) is 22.8 Å². The molecule has 3 aromatic rings. The van der Waals surface area contributed by atoms with Crippen LogP contribution in [0.5, 0.6) is 0 Å². The van der Waals surface area contributed by atoms with Crippen LogP contribution in [-0.2, 0) is 12.7 Å². The molecular weight excluding hydrogens is 393 g/mol. The number of fused-ring (bicyclic) bond motifs is 1. The molecule has 3 rings (SSSR count). The maximum absolute atomic E-state index is 12.6. The lowest BCUT2D eigenvalue weighted by Crippen LogP contribution is -2.23. The molecule has 0 fully saturated rings. The second kappa shape index (κ2) is 6.69. The van der Waals surface area contributed by atoms with Gasteiger partial charge in [-0.05, 0) is 25.1 Å². The van der Waals surface area contributed by atoms with Crippen LogP contribution < -0.4 is 10.7 Å². The summed E-state index contributed by atoms with van der Waals surface area (Å²) in [5.74, 6) is -0.871. The highest BCUT2D eigenvalue weighted by Crippen LogP contribution is 2.33. The number of carbonyl (C=O) groups is 1. The van der Waals surface area contributed by atoms with Gasteiger partial charge in [0, 0.05) is 23.2 Å². The molecule has 1 N–H and O–H groups in total. The third kappa shape index (κ3) is 3.42. The molecule has 0 radical (unpaired) electrons. The number of aromatic nitrogens is 3. The average Bonchev–Trinajstić information content (AvgIpc) is 3.04. The largest absolute Gasteiger partial charge is 0.445 e. The first-order chi connectivity index (χ1) is 12.2. The standard InChI is InChI=1S/C15H10ClF3N4O2S/c1-2-23-6-9(11(24)8-5-7(16)3-4-10(8)23)12(25)20-14-22-21-13(26-14)15(17,18)19/h3-6H,2H2,1H3,(H,20,22,25). The minimum atomic E-state index is -4.66. The SMILES string of the molecule is CCn1cc(C(=O)Nc2nnc(C(F)(F)F)s2)c(=O)c2cc(Cl)ccc21. The molecule has 136 valence electrons. The highest BCUT2D eigenvalue weighted by Gasteiger charge is 2.36. The number of hydrogen-bond acceptors (Lipinski definition) is 5. The first-order valence-corrected chi connectivity index (χ1v) is 8.45.